The maximum atomic E-state index is 6.26. The van der Waals surface area contributed by atoms with Crippen molar-refractivity contribution in [3.05, 3.63) is 52.0 Å². The van der Waals surface area contributed by atoms with Crippen LogP contribution in [0.4, 0.5) is 0 Å². The quantitative estimate of drug-likeness (QED) is 0.947. The van der Waals surface area contributed by atoms with Crippen LogP contribution in [-0.4, -0.2) is 23.2 Å². The van der Waals surface area contributed by atoms with Crippen LogP contribution >= 0.6 is 23.2 Å². The van der Waals surface area contributed by atoms with Crippen molar-refractivity contribution >= 4 is 23.2 Å². The third-order valence-corrected chi connectivity index (χ3v) is 3.60. The molecule has 0 atom stereocenters. The molecule has 1 aliphatic heterocycles. The van der Waals surface area contributed by atoms with E-state index in [0.717, 1.165) is 11.4 Å². The van der Waals surface area contributed by atoms with Gasteiger partial charge in [0.1, 0.15) is 5.82 Å². The fraction of sp³-hybridized carbons (Fsp3) is 0.308. The first-order valence-corrected chi connectivity index (χ1v) is 6.67. The average molecular weight is 299 g/mol. The molecule has 4 nitrogen and oxygen atoms in total. The predicted molar refractivity (Wildman–Crippen MR) is 72.3 cm³/mol. The summed E-state index contributed by atoms with van der Waals surface area (Å²) in [6.07, 6.45) is 3.93. The number of nitrogens with zero attached hydrogens (tertiary/aromatic N) is 1. The lowest BCUT2D eigenvalue weighted by molar-refractivity contribution is -0.165. The van der Waals surface area contributed by atoms with Crippen molar-refractivity contribution in [1.29, 1.82) is 0 Å². The molecule has 1 N–H and O–H groups in total. The second-order valence-corrected chi connectivity index (χ2v) is 5.13. The van der Waals surface area contributed by atoms with E-state index in [1.54, 1.807) is 24.5 Å². The molecule has 0 spiro atoms. The van der Waals surface area contributed by atoms with E-state index < -0.39 is 5.79 Å². The van der Waals surface area contributed by atoms with E-state index in [1.165, 1.54) is 0 Å². The van der Waals surface area contributed by atoms with Gasteiger partial charge in [-0.1, -0.05) is 29.3 Å². The molecule has 0 aliphatic carbocycles. The minimum Gasteiger partial charge on any atom is -0.348 e. The molecule has 1 fully saturated rings. The number of hydrogen-bond donors (Lipinski definition) is 1. The normalized spacial score (nSPS) is 17.8. The zero-order chi connectivity index (χ0) is 13.3. The lowest BCUT2D eigenvalue weighted by Crippen LogP contribution is -2.31. The molecule has 0 unspecified atom stereocenters. The Bertz CT molecular complexity index is 566. The lowest BCUT2D eigenvalue weighted by atomic mass is 10.0. The number of H-pyrrole nitrogens is 1. The molecule has 1 aromatic heterocycles. The van der Waals surface area contributed by atoms with Gasteiger partial charge in [0.25, 0.3) is 0 Å². The van der Waals surface area contributed by atoms with Crippen LogP contribution in [0.5, 0.6) is 0 Å². The molecule has 100 valence electrons. The van der Waals surface area contributed by atoms with Gasteiger partial charge < -0.3 is 14.5 Å². The monoisotopic (exact) mass is 298 g/mol. The number of rotatable bonds is 3. The first-order valence-electron chi connectivity index (χ1n) is 5.91. The van der Waals surface area contributed by atoms with E-state index >= 15 is 0 Å². The summed E-state index contributed by atoms with van der Waals surface area (Å²) in [4.78, 5) is 7.26. The summed E-state index contributed by atoms with van der Waals surface area (Å²) >= 11 is 12.2. The minimum absolute atomic E-state index is 0.474. The molecule has 2 aromatic rings. The SMILES string of the molecule is Clc1ccc(C2(Cc3ncc[nH]3)OCCO2)c(Cl)c1. The van der Waals surface area contributed by atoms with E-state index in [0.29, 0.717) is 29.7 Å². The summed E-state index contributed by atoms with van der Waals surface area (Å²) in [6, 6.07) is 5.30. The molecule has 0 radical (unpaired) electrons. The Labute approximate surface area is 120 Å². The largest absolute Gasteiger partial charge is 0.348 e. The number of halogens is 2. The summed E-state index contributed by atoms with van der Waals surface area (Å²) in [5.74, 6) is -0.104. The maximum absolute atomic E-state index is 6.26. The van der Waals surface area contributed by atoms with Gasteiger partial charge in [-0.25, -0.2) is 4.98 Å². The van der Waals surface area contributed by atoms with Crippen LogP contribution in [-0.2, 0) is 21.7 Å². The minimum atomic E-state index is -0.889. The average Bonchev–Trinajstić information content (AvgIpc) is 3.02. The predicted octanol–water partition coefficient (Wildman–Crippen LogP) is 3.16. The Kier molecular flexibility index (Phi) is 3.50. The molecule has 6 heteroatoms. The van der Waals surface area contributed by atoms with Crippen LogP contribution in [0.3, 0.4) is 0 Å². The van der Waals surface area contributed by atoms with E-state index in [1.807, 2.05) is 6.07 Å². The first kappa shape index (κ1) is 12.9. The third kappa shape index (κ3) is 2.49. The fourth-order valence-corrected chi connectivity index (χ4v) is 2.77. The van der Waals surface area contributed by atoms with Crippen molar-refractivity contribution < 1.29 is 9.47 Å². The Morgan fingerprint density at radius 3 is 2.68 bits per heavy atom. The Hall–Kier alpha value is -1.07. The molecule has 19 heavy (non-hydrogen) atoms. The second-order valence-electron chi connectivity index (χ2n) is 4.29. The molecule has 1 aliphatic rings. The zero-order valence-corrected chi connectivity index (χ0v) is 11.5. The number of imidazole rings is 1. The van der Waals surface area contributed by atoms with Crippen LogP contribution in [0, 0.1) is 0 Å². The molecule has 0 bridgehead atoms. The smallest absolute Gasteiger partial charge is 0.203 e. The van der Waals surface area contributed by atoms with Gasteiger partial charge in [-0.2, -0.15) is 0 Å². The van der Waals surface area contributed by atoms with E-state index in [9.17, 15) is 0 Å². The van der Waals surface area contributed by atoms with Gasteiger partial charge in [0.15, 0.2) is 0 Å². The van der Waals surface area contributed by atoms with Crippen molar-refractivity contribution in [2.75, 3.05) is 13.2 Å². The highest BCUT2D eigenvalue weighted by Gasteiger charge is 2.41. The fourth-order valence-electron chi connectivity index (χ4n) is 2.22. The maximum Gasteiger partial charge on any atom is 0.203 e. The van der Waals surface area contributed by atoms with Gasteiger partial charge in [-0.3, -0.25) is 0 Å². The second kappa shape index (κ2) is 5.13. The number of ether oxygens (including phenoxy) is 2. The van der Waals surface area contributed by atoms with Crippen molar-refractivity contribution in [1.82, 2.24) is 9.97 Å². The third-order valence-electron chi connectivity index (χ3n) is 3.05. The van der Waals surface area contributed by atoms with Crippen molar-refractivity contribution in [3.8, 4) is 0 Å². The highest BCUT2D eigenvalue weighted by Crippen LogP contribution is 2.39. The highest BCUT2D eigenvalue weighted by atomic mass is 35.5. The number of aromatic amines is 1. The molecule has 0 saturated carbocycles. The molecular weight excluding hydrogens is 287 g/mol. The number of aromatic nitrogens is 2. The van der Waals surface area contributed by atoms with Gasteiger partial charge in [0, 0.05) is 23.0 Å². The van der Waals surface area contributed by atoms with Gasteiger partial charge in [0.2, 0.25) is 5.79 Å². The van der Waals surface area contributed by atoms with Crippen molar-refractivity contribution in [2.45, 2.75) is 12.2 Å². The van der Waals surface area contributed by atoms with E-state index in [2.05, 4.69) is 9.97 Å². The standard InChI is InChI=1S/C13H12Cl2N2O2/c14-9-1-2-10(11(15)7-9)13(18-5-6-19-13)8-12-16-3-4-17-12/h1-4,7H,5-6,8H2,(H,16,17). The van der Waals surface area contributed by atoms with Gasteiger partial charge in [-0.15, -0.1) is 0 Å². The first-order chi connectivity index (χ1) is 9.20. The number of nitrogens with one attached hydrogen (secondary N) is 1. The van der Waals surface area contributed by atoms with Gasteiger partial charge in [-0.05, 0) is 12.1 Å². The number of hydrogen-bond acceptors (Lipinski definition) is 3. The van der Waals surface area contributed by atoms with Crippen LogP contribution in [0.2, 0.25) is 10.0 Å². The topological polar surface area (TPSA) is 47.1 Å². The highest BCUT2D eigenvalue weighted by molar-refractivity contribution is 6.35. The molecular formula is C13H12Cl2N2O2. The van der Waals surface area contributed by atoms with Crippen LogP contribution in [0.1, 0.15) is 11.4 Å². The van der Waals surface area contributed by atoms with Crippen LogP contribution < -0.4 is 0 Å². The zero-order valence-electron chi connectivity index (χ0n) is 10.0. The van der Waals surface area contributed by atoms with Crippen molar-refractivity contribution in [2.24, 2.45) is 0 Å². The number of benzene rings is 1. The summed E-state index contributed by atoms with van der Waals surface area (Å²) in [7, 11) is 0. The Morgan fingerprint density at radius 2 is 2.05 bits per heavy atom. The van der Waals surface area contributed by atoms with E-state index in [-0.39, 0.29) is 0 Å². The Morgan fingerprint density at radius 1 is 1.26 bits per heavy atom. The van der Waals surface area contributed by atoms with Crippen LogP contribution in [0.15, 0.2) is 30.6 Å². The molecule has 1 aromatic carbocycles. The Balaban J connectivity index is 2.00. The molecule has 0 amide bonds. The van der Waals surface area contributed by atoms with Crippen molar-refractivity contribution in [3.63, 3.8) is 0 Å². The lowest BCUT2D eigenvalue weighted by Gasteiger charge is -2.28. The summed E-state index contributed by atoms with van der Waals surface area (Å²) < 4.78 is 11.6. The van der Waals surface area contributed by atoms with E-state index in [4.69, 9.17) is 32.7 Å². The van der Waals surface area contributed by atoms with Crippen LogP contribution in [0.25, 0.3) is 0 Å². The summed E-state index contributed by atoms with van der Waals surface area (Å²) in [6.45, 7) is 1.05. The molecule has 2 heterocycles. The summed E-state index contributed by atoms with van der Waals surface area (Å²) in [5.41, 5.74) is 0.771. The van der Waals surface area contributed by atoms with Gasteiger partial charge in [0.05, 0.1) is 24.7 Å². The summed E-state index contributed by atoms with van der Waals surface area (Å²) in [5, 5.41) is 1.11. The van der Waals surface area contributed by atoms with Gasteiger partial charge >= 0.3 is 0 Å². The molecule has 3 rings (SSSR count). The molecule has 1 saturated heterocycles.